The number of amides is 1. The van der Waals surface area contributed by atoms with Gasteiger partial charge in [0.1, 0.15) is 11.6 Å². The second kappa shape index (κ2) is 10.1. The molecule has 37 heavy (non-hydrogen) atoms. The number of hydrogen-bond acceptors (Lipinski definition) is 4. The Labute approximate surface area is 216 Å². The number of pyridine rings is 1. The predicted octanol–water partition coefficient (Wildman–Crippen LogP) is 6.19. The van der Waals surface area contributed by atoms with E-state index in [0.29, 0.717) is 23.5 Å². The normalized spacial score (nSPS) is 11.4. The number of aromatic nitrogens is 5. The Kier molecular flexibility index (Phi) is 6.71. The largest absolute Gasteiger partial charge is 0.306 e. The van der Waals surface area contributed by atoms with Crippen LogP contribution in [0.25, 0.3) is 22.3 Å². The molecular weight excluding hydrogens is 498 g/mol. The van der Waals surface area contributed by atoms with Gasteiger partial charge in [0, 0.05) is 17.3 Å². The van der Waals surface area contributed by atoms with Gasteiger partial charge in [-0.25, -0.2) is 18.4 Å². The molecule has 0 radical (unpaired) electrons. The minimum absolute atomic E-state index is 0.175. The summed E-state index contributed by atoms with van der Waals surface area (Å²) in [6.07, 6.45) is -1.10. The van der Waals surface area contributed by atoms with Crippen LogP contribution in [-0.4, -0.2) is 30.5 Å². The molecule has 3 heterocycles. The van der Waals surface area contributed by atoms with Gasteiger partial charge in [-0.05, 0) is 25.5 Å². The summed E-state index contributed by atoms with van der Waals surface area (Å²) in [6, 6.07) is 18.4. The second-order valence-corrected chi connectivity index (χ2v) is 9.17. The third kappa shape index (κ3) is 5.22. The van der Waals surface area contributed by atoms with Crippen molar-refractivity contribution >= 4 is 34.4 Å². The van der Waals surface area contributed by atoms with Gasteiger partial charge in [0.15, 0.2) is 11.5 Å². The van der Waals surface area contributed by atoms with Crippen LogP contribution in [0.5, 0.6) is 0 Å². The van der Waals surface area contributed by atoms with Crippen molar-refractivity contribution in [2.75, 3.05) is 5.32 Å². The van der Waals surface area contributed by atoms with Crippen molar-refractivity contribution in [3.8, 4) is 11.3 Å². The summed E-state index contributed by atoms with van der Waals surface area (Å²) >= 11 is 6.31. The Bertz CT molecular complexity index is 1580. The van der Waals surface area contributed by atoms with Gasteiger partial charge < -0.3 is 5.32 Å². The van der Waals surface area contributed by atoms with Crippen LogP contribution in [-0.2, 0) is 17.9 Å². The van der Waals surface area contributed by atoms with E-state index < -0.39 is 12.3 Å². The number of nitrogens with zero attached hydrogens (tertiary/aromatic N) is 5. The van der Waals surface area contributed by atoms with Gasteiger partial charge in [0.05, 0.1) is 23.3 Å². The molecule has 3 aromatic heterocycles. The van der Waals surface area contributed by atoms with E-state index in [-0.39, 0.29) is 34.0 Å². The number of hydrogen-bond donors (Lipinski definition) is 1. The van der Waals surface area contributed by atoms with Gasteiger partial charge >= 0.3 is 0 Å². The number of nitrogens with one attached hydrogen (secondary N) is 1. The number of halogens is 3. The van der Waals surface area contributed by atoms with Crippen molar-refractivity contribution < 1.29 is 13.6 Å². The van der Waals surface area contributed by atoms with E-state index in [2.05, 4.69) is 20.5 Å². The lowest BCUT2D eigenvalue weighted by Crippen LogP contribution is -2.20. The first-order chi connectivity index (χ1) is 17.8. The van der Waals surface area contributed by atoms with Crippen LogP contribution < -0.4 is 5.32 Å². The lowest BCUT2D eigenvalue weighted by molar-refractivity contribution is -0.116. The third-order valence-corrected chi connectivity index (χ3v) is 6.22. The maximum absolute atomic E-state index is 14.0. The zero-order valence-electron chi connectivity index (χ0n) is 20.1. The molecular formula is C27H23ClF2N6O. The fraction of sp³-hybridized carbons (Fsp3) is 0.185. The first kappa shape index (κ1) is 24.6. The minimum Gasteiger partial charge on any atom is -0.306 e. The van der Waals surface area contributed by atoms with E-state index in [1.165, 1.54) is 10.7 Å². The Balaban J connectivity index is 1.41. The molecule has 5 aromatic rings. The summed E-state index contributed by atoms with van der Waals surface area (Å²) in [7, 11) is 0. The summed E-state index contributed by atoms with van der Waals surface area (Å²) in [5, 5.41) is 11.9. The quantitative estimate of drug-likeness (QED) is 0.277. The molecule has 0 unspecified atom stereocenters. The van der Waals surface area contributed by atoms with E-state index in [1.54, 1.807) is 42.1 Å². The van der Waals surface area contributed by atoms with Gasteiger partial charge in [-0.2, -0.15) is 10.2 Å². The molecule has 0 fully saturated rings. The highest BCUT2D eigenvalue weighted by Crippen LogP contribution is 2.33. The Morgan fingerprint density at radius 3 is 2.49 bits per heavy atom. The van der Waals surface area contributed by atoms with Crippen molar-refractivity contribution in [1.29, 1.82) is 0 Å². The number of carbonyl (C=O) groups is 1. The smallest absolute Gasteiger partial charge is 0.264 e. The molecule has 7 nitrogen and oxygen atoms in total. The number of anilines is 1. The third-order valence-electron chi connectivity index (χ3n) is 5.95. The van der Waals surface area contributed by atoms with Crippen molar-refractivity contribution in [2.45, 2.75) is 33.4 Å². The van der Waals surface area contributed by atoms with Crippen LogP contribution in [0, 0.1) is 13.8 Å². The summed E-state index contributed by atoms with van der Waals surface area (Å²) in [5.74, 6) is -0.254. The van der Waals surface area contributed by atoms with Crippen LogP contribution in [0.1, 0.15) is 28.8 Å². The highest BCUT2D eigenvalue weighted by molar-refractivity contribution is 6.33. The zero-order valence-corrected chi connectivity index (χ0v) is 20.9. The molecule has 0 atom stereocenters. The average molecular weight is 521 g/mol. The van der Waals surface area contributed by atoms with Crippen molar-refractivity contribution in [1.82, 2.24) is 24.5 Å². The Hall–Kier alpha value is -4.11. The minimum atomic E-state index is -2.73. The van der Waals surface area contributed by atoms with E-state index in [0.717, 1.165) is 11.1 Å². The first-order valence-corrected chi connectivity index (χ1v) is 12.0. The summed E-state index contributed by atoms with van der Waals surface area (Å²) in [4.78, 5) is 17.5. The van der Waals surface area contributed by atoms with Crippen LogP contribution in [0.15, 0.2) is 66.9 Å². The summed E-state index contributed by atoms with van der Waals surface area (Å²) < 4.78 is 30.9. The number of fused-ring (bicyclic) bond motifs is 1. The first-order valence-electron chi connectivity index (χ1n) is 11.6. The average Bonchev–Trinajstić information content (AvgIpc) is 3.38. The van der Waals surface area contributed by atoms with E-state index in [9.17, 15) is 13.6 Å². The molecule has 0 bridgehead atoms. The van der Waals surface area contributed by atoms with Gasteiger partial charge in [-0.1, -0.05) is 71.8 Å². The van der Waals surface area contributed by atoms with Crippen molar-refractivity contribution in [3.63, 3.8) is 0 Å². The maximum Gasteiger partial charge on any atom is 0.264 e. The molecule has 0 aliphatic heterocycles. The molecule has 1 amide bonds. The summed E-state index contributed by atoms with van der Waals surface area (Å²) in [5.41, 5.74) is 3.66. The molecule has 0 aliphatic rings. The molecule has 0 saturated heterocycles. The van der Waals surface area contributed by atoms with Gasteiger partial charge in [-0.3, -0.25) is 9.48 Å². The number of benzene rings is 2. The second-order valence-electron chi connectivity index (χ2n) is 8.76. The zero-order chi connectivity index (χ0) is 26.1. The fourth-order valence-corrected chi connectivity index (χ4v) is 4.37. The molecule has 1 N–H and O–H groups in total. The molecule has 2 aromatic carbocycles. The van der Waals surface area contributed by atoms with Gasteiger partial charge in [-0.15, -0.1) is 0 Å². The van der Waals surface area contributed by atoms with E-state index in [1.807, 2.05) is 37.3 Å². The monoisotopic (exact) mass is 520 g/mol. The lowest BCUT2D eigenvalue weighted by Gasteiger charge is -2.09. The number of carbonyl (C=O) groups excluding carboxylic acids is 1. The molecule has 0 aliphatic carbocycles. The van der Waals surface area contributed by atoms with Gasteiger partial charge in [0.25, 0.3) is 6.43 Å². The highest BCUT2D eigenvalue weighted by atomic mass is 35.5. The number of alkyl halides is 2. The maximum atomic E-state index is 14.0. The standard InChI is InChI=1S/C27H23ClF2N6O/c1-16-8-10-18(11-9-16)13-35-14-21(28)26(34-35)32-23(37)15-36-27-24(17(2)33-36)20(25(29)30)12-22(31-27)19-6-4-3-5-7-19/h3-12,14,25H,13,15H2,1-2H3,(H,32,34,37). The fourth-order valence-electron chi connectivity index (χ4n) is 4.18. The predicted molar refractivity (Wildman–Crippen MR) is 139 cm³/mol. The topological polar surface area (TPSA) is 77.6 Å². The SMILES string of the molecule is Cc1ccc(Cn2cc(Cl)c(NC(=O)Cn3nc(C)c4c(C(F)F)cc(-c5ccccc5)nc43)n2)cc1. The van der Waals surface area contributed by atoms with E-state index in [4.69, 9.17) is 11.6 Å². The molecule has 188 valence electrons. The molecule has 5 rings (SSSR count). The van der Waals surface area contributed by atoms with Gasteiger partial charge in [0.2, 0.25) is 5.91 Å². The van der Waals surface area contributed by atoms with Crippen molar-refractivity contribution in [3.05, 3.63) is 94.3 Å². The van der Waals surface area contributed by atoms with E-state index >= 15 is 0 Å². The number of aryl methyl sites for hydroxylation is 2. The summed E-state index contributed by atoms with van der Waals surface area (Å²) in [6.45, 7) is 3.87. The molecule has 10 heteroatoms. The van der Waals surface area contributed by atoms with Crippen LogP contribution in [0.3, 0.4) is 0 Å². The Morgan fingerprint density at radius 2 is 1.78 bits per heavy atom. The lowest BCUT2D eigenvalue weighted by atomic mass is 10.1. The Morgan fingerprint density at radius 1 is 1.05 bits per heavy atom. The molecule has 0 spiro atoms. The number of rotatable bonds is 7. The van der Waals surface area contributed by atoms with Crippen LogP contribution >= 0.6 is 11.6 Å². The molecule has 0 saturated carbocycles. The van der Waals surface area contributed by atoms with Crippen molar-refractivity contribution in [2.24, 2.45) is 0 Å². The van der Waals surface area contributed by atoms with Crippen LogP contribution in [0.2, 0.25) is 5.02 Å². The highest BCUT2D eigenvalue weighted by Gasteiger charge is 2.22. The van der Waals surface area contributed by atoms with Crippen LogP contribution in [0.4, 0.5) is 14.6 Å².